The van der Waals surface area contributed by atoms with E-state index in [4.69, 9.17) is 4.74 Å². The molecule has 0 aliphatic carbocycles. The second-order valence-electron chi connectivity index (χ2n) is 6.04. The minimum Gasteiger partial charge on any atom is -0.503 e. The summed E-state index contributed by atoms with van der Waals surface area (Å²) in [6.07, 6.45) is 0. The van der Waals surface area contributed by atoms with Crippen molar-refractivity contribution >= 4 is 23.0 Å². The van der Waals surface area contributed by atoms with Crippen LogP contribution in [0.3, 0.4) is 0 Å². The lowest BCUT2D eigenvalue weighted by atomic mass is 9.95. The number of hydrogen-bond donors (Lipinski definition) is 1. The predicted octanol–water partition coefficient (Wildman–Crippen LogP) is 2.98. The third-order valence-electron chi connectivity index (χ3n) is 4.31. The second kappa shape index (κ2) is 7.39. The molecule has 1 aliphatic rings. The number of ketones is 1. The summed E-state index contributed by atoms with van der Waals surface area (Å²) in [7, 11) is 1.54. The van der Waals surface area contributed by atoms with Crippen molar-refractivity contribution in [2.45, 2.75) is 19.9 Å². The van der Waals surface area contributed by atoms with Gasteiger partial charge in [-0.3, -0.25) is 9.59 Å². The van der Waals surface area contributed by atoms with Crippen molar-refractivity contribution in [3.05, 3.63) is 62.8 Å². The summed E-state index contributed by atoms with van der Waals surface area (Å²) < 4.78 is 5.09. The zero-order chi connectivity index (χ0) is 18.8. The Morgan fingerprint density at radius 3 is 2.58 bits per heavy atom. The normalized spacial score (nSPS) is 17.3. The molecule has 0 bridgehead atoms. The smallest absolute Gasteiger partial charge is 0.290 e. The number of aliphatic hydroxyl groups is 1. The Kier molecular flexibility index (Phi) is 5.20. The maximum atomic E-state index is 13.2. The van der Waals surface area contributed by atoms with Gasteiger partial charge >= 0.3 is 0 Å². The van der Waals surface area contributed by atoms with Gasteiger partial charge in [0, 0.05) is 13.7 Å². The number of carbonyl (C=O) groups is 2. The fraction of sp³-hybridized carbons (Fsp3) is 0.316. The molecule has 1 amide bonds. The first kappa shape index (κ1) is 18.3. The van der Waals surface area contributed by atoms with Crippen LogP contribution in [0.1, 0.15) is 32.0 Å². The van der Waals surface area contributed by atoms with E-state index in [9.17, 15) is 14.7 Å². The highest BCUT2D eigenvalue weighted by atomic mass is 32.1. The van der Waals surface area contributed by atoms with E-state index in [0.717, 1.165) is 10.6 Å². The predicted molar refractivity (Wildman–Crippen MR) is 98.3 cm³/mol. The molecule has 1 aliphatic heterocycles. The summed E-state index contributed by atoms with van der Waals surface area (Å²) in [5, 5.41) is 11.3. The van der Waals surface area contributed by atoms with E-state index in [-0.39, 0.29) is 17.9 Å². The van der Waals surface area contributed by atoms with Crippen molar-refractivity contribution < 1.29 is 19.4 Å². The lowest BCUT2D eigenvalue weighted by molar-refractivity contribution is -0.130. The Hall–Kier alpha value is -2.51. The topological polar surface area (TPSA) is 79.7 Å². The van der Waals surface area contributed by atoms with E-state index in [0.29, 0.717) is 17.2 Å². The summed E-state index contributed by atoms with van der Waals surface area (Å²) in [4.78, 5) is 32.0. The Bertz CT molecular complexity index is 873. The second-order valence-corrected chi connectivity index (χ2v) is 7.25. The van der Waals surface area contributed by atoms with E-state index in [1.54, 1.807) is 14.0 Å². The van der Waals surface area contributed by atoms with Crippen LogP contribution in [0.15, 0.2) is 41.7 Å². The molecule has 2 aromatic rings. The Labute approximate surface area is 155 Å². The van der Waals surface area contributed by atoms with Crippen LogP contribution in [0.25, 0.3) is 0 Å². The molecule has 6 nitrogen and oxygen atoms in total. The SMILES string of the molecule is COCCN1C(=O)C(O)=C(C(=O)c2sc(C)nc2C)C1c1ccccc1. The molecule has 0 fully saturated rings. The number of methoxy groups -OCH3 is 1. The molecule has 1 aromatic heterocycles. The summed E-state index contributed by atoms with van der Waals surface area (Å²) in [6, 6.07) is 8.58. The van der Waals surface area contributed by atoms with Gasteiger partial charge in [-0.1, -0.05) is 30.3 Å². The molecule has 26 heavy (non-hydrogen) atoms. The number of Topliss-reactive ketones (excluding diaryl/α,β-unsaturated/α-hetero) is 1. The van der Waals surface area contributed by atoms with Gasteiger partial charge < -0.3 is 14.7 Å². The quantitative estimate of drug-likeness (QED) is 0.789. The number of thiazole rings is 1. The zero-order valence-corrected chi connectivity index (χ0v) is 15.7. The lowest BCUT2D eigenvalue weighted by Gasteiger charge is -2.26. The molecule has 0 radical (unpaired) electrons. The van der Waals surface area contributed by atoms with E-state index in [1.165, 1.54) is 16.2 Å². The number of hydrogen-bond acceptors (Lipinski definition) is 6. The van der Waals surface area contributed by atoms with Crippen LogP contribution in [0.4, 0.5) is 0 Å². The van der Waals surface area contributed by atoms with Gasteiger partial charge in [0.05, 0.1) is 33.8 Å². The zero-order valence-electron chi connectivity index (χ0n) is 14.9. The molecule has 0 saturated heterocycles. The minimum absolute atomic E-state index is 0.101. The molecule has 0 saturated carbocycles. The number of carbonyl (C=O) groups excluding carboxylic acids is 2. The molecule has 1 atom stereocenters. The van der Waals surface area contributed by atoms with Crippen LogP contribution in [-0.2, 0) is 9.53 Å². The number of amides is 1. The standard InChI is InChI=1S/C19H20N2O4S/c1-11-18(26-12(2)20-11)16(22)14-15(13-7-5-4-6-8-13)21(9-10-25-3)19(24)17(14)23/h4-8,15,23H,9-10H2,1-3H3. The fourth-order valence-electron chi connectivity index (χ4n) is 3.15. The third-order valence-corrected chi connectivity index (χ3v) is 5.38. The number of aryl methyl sites for hydroxylation is 2. The summed E-state index contributed by atoms with van der Waals surface area (Å²) >= 11 is 1.27. The Balaban J connectivity index is 2.09. The van der Waals surface area contributed by atoms with Gasteiger partial charge in [-0.15, -0.1) is 11.3 Å². The molecule has 1 N–H and O–H groups in total. The molecule has 2 heterocycles. The highest BCUT2D eigenvalue weighted by Crippen LogP contribution is 2.39. The third kappa shape index (κ3) is 3.15. The van der Waals surface area contributed by atoms with Crippen molar-refractivity contribution in [3.8, 4) is 0 Å². The first-order valence-electron chi connectivity index (χ1n) is 8.22. The highest BCUT2D eigenvalue weighted by molar-refractivity contribution is 7.14. The number of nitrogens with zero attached hydrogens (tertiary/aromatic N) is 2. The summed E-state index contributed by atoms with van der Waals surface area (Å²) in [5.41, 5.74) is 1.47. The average molecular weight is 372 g/mol. The Morgan fingerprint density at radius 2 is 2.00 bits per heavy atom. The first-order chi connectivity index (χ1) is 12.5. The number of benzene rings is 1. The van der Waals surface area contributed by atoms with Gasteiger partial charge in [0.2, 0.25) is 5.78 Å². The lowest BCUT2D eigenvalue weighted by Crippen LogP contribution is -2.33. The molecule has 136 valence electrons. The van der Waals surface area contributed by atoms with Gasteiger partial charge in [0.15, 0.2) is 5.76 Å². The van der Waals surface area contributed by atoms with Crippen LogP contribution in [0.5, 0.6) is 0 Å². The largest absolute Gasteiger partial charge is 0.503 e. The highest BCUT2D eigenvalue weighted by Gasteiger charge is 2.44. The van der Waals surface area contributed by atoms with Crippen LogP contribution >= 0.6 is 11.3 Å². The molecule has 7 heteroatoms. The van der Waals surface area contributed by atoms with Gasteiger partial charge in [-0.05, 0) is 19.4 Å². The molecule has 1 unspecified atom stereocenters. The van der Waals surface area contributed by atoms with Crippen LogP contribution in [0.2, 0.25) is 0 Å². The van der Waals surface area contributed by atoms with Crippen molar-refractivity contribution in [1.29, 1.82) is 0 Å². The van der Waals surface area contributed by atoms with Gasteiger partial charge in [-0.2, -0.15) is 0 Å². The monoisotopic (exact) mass is 372 g/mol. The van der Waals surface area contributed by atoms with Crippen molar-refractivity contribution in [2.24, 2.45) is 0 Å². The fourth-order valence-corrected chi connectivity index (χ4v) is 4.03. The molecule has 3 rings (SSSR count). The summed E-state index contributed by atoms with van der Waals surface area (Å²) in [6.45, 7) is 4.16. The number of aromatic nitrogens is 1. The van der Waals surface area contributed by atoms with Gasteiger partial charge in [0.1, 0.15) is 0 Å². The van der Waals surface area contributed by atoms with Gasteiger partial charge in [0.25, 0.3) is 5.91 Å². The first-order valence-corrected chi connectivity index (χ1v) is 9.04. The minimum atomic E-state index is -0.645. The molecular formula is C19H20N2O4S. The number of ether oxygens (including phenoxy) is 1. The maximum Gasteiger partial charge on any atom is 0.290 e. The van der Waals surface area contributed by atoms with Crippen molar-refractivity contribution in [2.75, 3.05) is 20.3 Å². The number of rotatable bonds is 6. The van der Waals surface area contributed by atoms with E-state index in [2.05, 4.69) is 4.98 Å². The van der Waals surface area contributed by atoms with Crippen LogP contribution < -0.4 is 0 Å². The molecule has 0 spiro atoms. The van der Waals surface area contributed by atoms with Crippen LogP contribution in [-0.4, -0.2) is 46.9 Å². The Morgan fingerprint density at radius 1 is 1.31 bits per heavy atom. The molecule has 1 aromatic carbocycles. The van der Waals surface area contributed by atoms with E-state index < -0.39 is 17.7 Å². The number of aliphatic hydroxyl groups excluding tert-OH is 1. The van der Waals surface area contributed by atoms with Crippen LogP contribution in [0, 0.1) is 13.8 Å². The van der Waals surface area contributed by atoms with E-state index >= 15 is 0 Å². The van der Waals surface area contributed by atoms with Crippen molar-refractivity contribution in [3.63, 3.8) is 0 Å². The molecular weight excluding hydrogens is 352 g/mol. The van der Waals surface area contributed by atoms with Gasteiger partial charge in [-0.25, -0.2) is 4.98 Å². The average Bonchev–Trinajstić information content (AvgIpc) is 3.10. The van der Waals surface area contributed by atoms with Crippen molar-refractivity contribution in [1.82, 2.24) is 9.88 Å². The summed E-state index contributed by atoms with van der Waals surface area (Å²) in [5.74, 6) is -1.41. The van der Waals surface area contributed by atoms with E-state index in [1.807, 2.05) is 37.3 Å². The maximum absolute atomic E-state index is 13.2.